The predicted molar refractivity (Wildman–Crippen MR) is 80.4 cm³/mol. The lowest BCUT2D eigenvalue weighted by atomic mass is 10.3. The molecule has 0 unspecified atom stereocenters. The molecular formula is C13H24N6. The standard InChI is InChI=1S/C13H24N6/c1-4-7-9-15-12-17-11(14-6-3)18-13(19-12)16-10-8-5-2/h6H,4-5,7-10H2,1-3H3,(H2,15,16,17,18,19). The Labute approximate surface area is 115 Å². The molecule has 0 saturated carbocycles. The Kier molecular flexibility index (Phi) is 7.46. The highest BCUT2D eigenvalue weighted by atomic mass is 15.2. The predicted octanol–water partition coefficient (Wildman–Crippen LogP) is 3.02. The molecule has 0 aliphatic heterocycles. The summed E-state index contributed by atoms with van der Waals surface area (Å²) in [5.41, 5.74) is 0. The van der Waals surface area contributed by atoms with Gasteiger partial charge in [-0.25, -0.2) is 4.99 Å². The van der Waals surface area contributed by atoms with Crippen molar-refractivity contribution in [2.75, 3.05) is 23.7 Å². The molecule has 0 aromatic carbocycles. The Bertz CT molecular complexity index is 362. The molecule has 1 aromatic rings. The second-order valence-electron chi connectivity index (χ2n) is 4.23. The van der Waals surface area contributed by atoms with E-state index in [2.05, 4.69) is 44.4 Å². The van der Waals surface area contributed by atoms with Gasteiger partial charge in [0.1, 0.15) is 0 Å². The molecule has 1 aromatic heterocycles. The Balaban J connectivity index is 2.72. The second-order valence-corrected chi connectivity index (χ2v) is 4.23. The summed E-state index contributed by atoms with van der Waals surface area (Å²) in [4.78, 5) is 17.0. The number of unbranched alkanes of at least 4 members (excludes halogenated alkanes) is 2. The fourth-order valence-corrected chi connectivity index (χ4v) is 1.45. The van der Waals surface area contributed by atoms with E-state index < -0.39 is 0 Å². The molecule has 0 radical (unpaired) electrons. The van der Waals surface area contributed by atoms with Gasteiger partial charge < -0.3 is 10.6 Å². The molecule has 6 nitrogen and oxygen atoms in total. The first-order chi connectivity index (χ1) is 9.30. The topological polar surface area (TPSA) is 75.1 Å². The average Bonchev–Trinajstić information content (AvgIpc) is 2.40. The van der Waals surface area contributed by atoms with E-state index in [-0.39, 0.29) is 0 Å². The van der Waals surface area contributed by atoms with Crippen LogP contribution in [0.4, 0.5) is 17.8 Å². The van der Waals surface area contributed by atoms with Crippen LogP contribution in [0.25, 0.3) is 0 Å². The van der Waals surface area contributed by atoms with Crippen molar-refractivity contribution in [2.24, 2.45) is 4.99 Å². The van der Waals surface area contributed by atoms with Crippen molar-refractivity contribution in [1.29, 1.82) is 0 Å². The van der Waals surface area contributed by atoms with E-state index >= 15 is 0 Å². The van der Waals surface area contributed by atoms with Gasteiger partial charge in [-0.3, -0.25) is 0 Å². The van der Waals surface area contributed by atoms with Gasteiger partial charge in [-0.15, -0.1) is 0 Å². The van der Waals surface area contributed by atoms with Gasteiger partial charge in [0.2, 0.25) is 11.9 Å². The zero-order valence-corrected chi connectivity index (χ0v) is 12.1. The number of nitrogens with zero attached hydrogens (tertiary/aromatic N) is 4. The molecule has 0 spiro atoms. The highest BCUT2D eigenvalue weighted by Gasteiger charge is 2.04. The molecule has 0 amide bonds. The second kappa shape index (κ2) is 9.24. The van der Waals surface area contributed by atoms with E-state index in [1.54, 1.807) is 6.21 Å². The van der Waals surface area contributed by atoms with Gasteiger partial charge >= 0.3 is 0 Å². The van der Waals surface area contributed by atoms with Gasteiger partial charge in [-0.2, -0.15) is 15.0 Å². The third-order valence-electron chi connectivity index (χ3n) is 2.50. The van der Waals surface area contributed by atoms with E-state index in [1.165, 1.54) is 0 Å². The van der Waals surface area contributed by atoms with Crippen molar-refractivity contribution in [3.63, 3.8) is 0 Å². The SMILES string of the molecule is CC=Nc1nc(NCCCC)nc(NCCCC)n1. The molecule has 0 bridgehead atoms. The minimum absolute atomic E-state index is 0.440. The minimum Gasteiger partial charge on any atom is -0.354 e. The van der Waals surface area contributed by atoms with Gasteiger partial charge in [0.05, 0.1) is 0 Å². The summed E-state index contributed by atoms with van der Waals surface area (Å²) < 4.78 is 0. The maximum Gasteiger partial charge on any atom is 0.255 e. The Morgan fingerprint density at radius 1 is 0.947 bits per heavy atom. The normalized spacial score (nSPS) is 10.9. The average molecular weight is 264 g/mol. The van der Waals surface area contributed by atoms with Gasteiger partial charge in [0.25, 0.3) is 5.95 Å². The quantitative estimate of drug-likeness (QED) is 0.529. The fraction of sp³-hybridized carbons (Fsp3) is 0.692. The molecule has 0 fully saturated rings. The van der Waals surface area contributed by atoms with Crippen LogP contribution in [0.2, 0.25) is 0 Å². The van der Waals surface area contributed by atoms with Crippen molar-refractivity contribution < 1.29 is 0 Å². The van der Waals surface area contributed by atoms with Crippen LogP contribution in [-0.2, 0) is 0 Å². The summed E-state index contributed by atoms with van der Waals surface area (Å²) in [6.45, 7) is 7.88. The molecule has 6 heteroatoms. The third-order valence-corrected chi connectivity index (χ3v) is 2.50. The monoisotopic (exact) mass is 264 g/mol. The molecule has 0 aliphatic rings. The Hall–Kier alpha value is -1.72. The highest BCUT2D eigenvalue weighted by molar-refractivity contribution is 5.58. The minimum atomic E-state index is 0.440. The lowest BCUT2D eigenvalue weighted by Gasteiger charge is -2.08. The number of nitrogens with one attached hydrogen (secondary N) is 2. The van der Waals surface area contributed by atoms with Crippen LogP contribution in [0.1, 0.15) is 46.5 Å². The van der Waals surface area contributed by atoms with Crippen LogP contribution in [0.15, 0.2) is 4.99 Å². The smallest absolute Gasteiger partial charge is 0.255 e. The number of anilines is 2. The maximum atomic E-state index is 4.34. The zero-order valence-electron chi connectivity index (χ0n) is 12.1. The first-order valence-electron chi connectivity index (χ1n) is 7.02. The first kappa shape index (κ1) is 15.3. The summed E-state index contributed by atoms with van der Waals surface area (Å²) >= 11 is 0. The Morgan fingerprint density at radius 2 is 1.47 bits per heavy atom. The fourth-order valence-electron chi connectivity index (χ4n) is 1.45. The number of aromatic nitrogens is 3. The molecule has 0 saturated heterocycles. The molecule has 0 atom stereocenters. The Morgan fingerprint density at radius 3 is 1.89 bits per heavy atom. The van der Waals surface area contributed by atoms with Gasteiger partial charge in [0, 0.05) is 19.3 Å². The highest BCUT2D eigenvalue weighted by Crippen LogP contribution is 2.11. The van der Waals surface area contributed by atoms with Crippen molar-refractivity contribution in [3.8, 4) is 0 Å². The van der Waals surface area contributed by atoms with E-state index in [0.29, 0.717) is 17.8 Å². The number of hydrogen-bond donors (Lipinski definition) is 2. The summed E-state index contributed by atoms with van der Waals surface area (Å²) in [7, 11) is 0. The van der Waals surface area contributed by atoms with Crippen LogP contribution >= 0.6 is 0 Å². The molecular weight excluding hydrogens is 240 g/mol. The van der Waals surface area contributed by atoms with E-state index in [0.717, 1.165) is 38.8 Å². The number of aliphatic imine (C=N–C) groups is 1. The number of hydrogen-bond acceptors (Lipinski definition) is 6. The van der Waals surface area contributed by atoms with E-state index in [9.17, 15) is 0 Å². The van der Waals surface area contributed by atoms with Crippen molar-refractivity contribution in [3.05, 3.63) is 0 Å². The summed E-state index contributed by atoms with van der Waals surface area (Å²) in [5, 5.41) is 6.40. The van der Waals surface area contributed by atoms with Crippen LogP contribution in [-0.4, -0.2) is 34.3 Å². The lowest BCUT2D eigenvalue weighted by Crippen LogP contribution is -2.10. The van der Waals surface area contributed by atoms with Crippen LogP contribution in [0.5, 0.6) is 0 Å². The zero-order chi connectivity index (χ0) is 13.9. The van der Waals surface area contributed by atoms with Gasteiger partial charge in [-0.1, -0.05) is 26.7 Å². The van der Waals surface area contributed by atoms with Crippen LogP contribution in [0.3, 0.4) is 0 Å². The van der Waals surface area contributed by atoms with E-state index in [1.807, 2.05) is 6.92 Å². The number of rotatable bonds is 9. The van der Waals surface area contributed by atoms with E-state index in [4.69, 9.17) is 0 Å². The maximum absolute atomic E-state index is 4.34. The molecule has 19 heavy (non-hydrogen) atoms. The molecule has 106 valence electrons. The van der Waals surface area contributed by atoms with Crippen molar-refractivity contribution in [2.45, 2.75) is 46.5 Å². The van der Waals surface area contributed by atoms with Crippen LogP contribution < -0.4 is 10.6 Å². The molecule has 2 N–H and O–H groups in total. The van der Waals surface area contributed by atoms with Crippen LogP contribution in [0, 0.1) is 0 Å². The molecule has 0 aliphatic carbocycles. The molecule has 1 rings (SSSR count). The van der Waals surface area contributed by atoms with Gasteiger partial charge in [0.15, 0.2) is 0 Å². The van der Waals surface area contributed by atoms with Gasteiger partial charge in [-0.05, 0) is 19.8 Å². The largest absolute Gasteiger partial charge is 0.354 e. The van der Waals surface area contributed by atoms with Crippen molar-refractivity contribution in [1.82, 2.24) is 15.0 Å². The lowest BCUT2D eigenvalue weighted by molar-refractivity contribution is 0.815. The summed E-state index contributed by atoms with van der Waals surface area (Å²) in [6.07, 6.45) is 6.15. The third kappa shape index (κ3) is 6.13. The summed E-state index contributed by atoms with van der Waals surface area (Å²) in [6, 6.07) is 0. The summed E-state index contributed by atoms with van der Waals surface area (Å²) in [5.74, 6) is 1.61. The molecule has 1 heterocycles. The van der Waals surface area contributed by atoms with Crippen molar-refractivity contribution >= 4 is 24.1 Å². The first-order valence-corrected chi connectivity index (χ1v) is 7.02.